The van der Waals surface area contributed by atoms with E-state index >= 15 is 0 Å². The number of nitrogens with zero attached hydrogens (tertiary/aromatic N) is 1. The van der Waals surface area contributed by atoms with Crippen molar-refractivity contribution in [2.24, 2.45) is 4.99 Å². The molecule has 0 aromatic heterocycles. The Morgan fingerprint density at radius 1 is 1.22 bits per heavy atom. The van der Waals surface area contributed by atoms with Gasteiger partial charge in [0, 0.05) is 32.8 Å². The molecule has 7 nitrogen and oxygen atoms in total. The molecule has 0 aliphatic carbocycles. The molecule has 0 unspecified atom stereocenters. The van der Waals surface area contributed by atoms with Crippen LogP contribution < -0.4 is 20.7 Å². The van der Waals surface area contributed by atoms with Gasteiger partial charge in [-0.2, -0.15) is 0 Å². The number of nitrogens with one attached hydrogen (secondary N) is 3. The Hall–Kier alpha value is -2.28. The summed E-state index contributed by atoms with van der Waals surface area (Å²) in [5.74, 6) is 1.29. The maximum atomic E-state index is 11.6. The lowest BCUT2D eigenvalue weighted by molar-refractivity contribution is -0.120. The van der Waals surface area contributed by atoms with Gasteiger partial charge >= 0.3 is 0 Å². The minimum Gasteiger partial charge on any atom is -0.494 e. The molecule has 0 atom stereocenters. The monoisotopic (exact) mass is 322 g/mol. The van der Waals surface area contributed by atoms with E-state index in [0.717, 1.165) is 11.3 Å². The van der Waals surface area contributed by atoms with Gasteiger partial charge in [-0.15, -0.1) is 0 Å². The summed E-state index contributed by atoms with van der Waals surface area (Å²) in [6.07, 6.45) is 0. The van der Waals surface area contributed by atoms with Crippen molar-refractivity contribution in [3.05, 3.63) is 29.8 Å². The van der Waals surface area contributed by atoms with Gasteiger partial charge in [-0.25, -0.2) is 0 Å². The third-order valence-corrected chi connectivity index (χ3v) is 2.99. The van der Waals surface area contributed by atoms with Gasteiger partial charge in [-0.3, -0.25) is 9.79 Å². The number of rotatable bonds is 9. The molecule has 0 aliphatic rings. The van der Waals surface area contributed by atoms with E-state index in [0.29, 0.717) is 32.3 Å². The molecule has 0 aliphatic heterocycles. The minimum atomic E-state index is -0.111. The average Bonchev–Trinajstić information content (AvgIpc) is 2.57. The quantitative estimate of drug-likeness (QED) is 0.350. The first kappa shape index (κ1) is 18.8. The Morgan fingerprint density at radius 3 is 2.70 bits per heavy atom. The number of methoxy groups -OCH3 is 1. The molecule has 0 bridgehead atoms. The van der Waals surface area contributed by atoms with Crippen LogP contribution in [0.4, 0.5) is 0 Å². The van der Waals surface area contributed by atoms with Crippen molar-refractivity contribution >= 4 is 11.9 Å². The zero-order valence-electron chi connectivity index (χ0n) is 14.0. The SMILES string of the molecule is CCOc1ccccc1CNC(=NC)NCC(=O)NCCOC. The van der Waals surface area contributed by atoms with E-state index in [1.54, 1.807) is 14.2 Å². The van der Waals surface area contributed by atoms with Gasteiger partial charge in [0.2, 0.25) is 5.91 Å². The molecule has 1 amide bonds. The van der Waals surface area contributed by atoms with Crippen LogP contribution in [0.5, 0.6) is 5.75 Å². The number of ether oxygens (including phenoxy) is 2. The average molecular weight is 322 g/mol. The second-order valence-corrected chi connectivity index (χ2v) is 4.66. The van der Waals surface area contributed by atoms with Crippen molar-refractivity contribution in [1.29, 1.82) is 0 Å². The summed E-state index contributed by atoms with van der Waals surface area (Å²) in [4.78, 5) is 15.7. The number of hydrogen-bond donors (Lipinski definition) is 3. The summed E-state index contributed by atoms with van der Waals surface area (Å²) in [5, 5.41) is 8.86. The van der Waals surface area contributed by atoms with Gasteiger partial charge in [-0.05, 0) is 13.0 Å². The number of para-hydroxylation sites is 1. The van der Waals surface area contributed by atoms with E-state index in [1.807, 2.05) is 31.2 Å². The van der Waals surface area contributed by atoms with Crippen molar-refractivity contribution in [1.82, 2.24) is 16.0 Å². The largest absolute Gasteiger partial charge is 0.494 e. The van der Waals surface area contributed by atoms with Crippen LogP contribution in [0.1, 0.15) is 12.5 Å². The van der Waals surface area contributed by atoms with Crippen molar-refractivity contribution in [3.8, 4) is 5.75 Å². The molecule has 1 aromatic rings. The molecule has 0 saturated carbocycles. The topological polar surface area (TPSA) is 84.0 Å². The van der Waals surface area contributed by atoms with E-state index in [1.165, 1.54) is 0 Å². The molecule has 7 heteroatoms. The van der Waals surface area contributed by atoms with E-state index < -0.39 is 0 Å². The fraction of sp³-hybridized carbons (Fsp3) is 0.500. The molecule has 128 valence electrons. The summed E-state index contributed by atoms with van der Waals surface area (Å²) in [6, 6.07) is 7.81. The van der Waals surface area contributed by atoms with Crippen LogP contribution in [0.15, 0.2) is 29.3 Å². The first-order chi connectivity index (χ1) is 11.2. The number of guanidine groups is 1. The molecule has 0 heterocycles. The molecule has 23 heavy (non-hydrogen) atoms. The second kappa shape index (κ2) is 11.3. The Morgan fingerprint density at radius 2 is 2.00 bits per heavy atom. The fourth-order valence-corrected chi connectivity index (χ4v) is 1.86. The summed E-state index contributed by atoms with van der Waals surface area (Å²) in [6.45, 7) is 4.26. The summed E-state index contributed by atoms with van der Waals surface area (Å²) >= 11 is 0. The number of carbonyl (C=O) groups is 1. The van der Waals surface area contributed by atoms with Gasteiger partial charge in [0.25, 0.3) is 0 Å². The molecule has 0 spiro atoms. The van der Waals surface area contributed by atoms with Gasteiger partial charge in [0.15, 0.2) is 5.96 Å². The van der Waals surface area contributed by atoms with Crippen molar-refractivity contribution in [3.63, 3.8) is 0 Å². The van der Waals surface area contributed by atoms with Crippen molar-refractivity contribution < 1.29 is 14.3 Å². The predicted molar refractivity (Wildman–Crippen MR) is 90.7 cm³/mol. The number of hydrogen-bond acceptors (Lipinski definition) is 4. The lowest BCUT2D eigenvalue weighted by Gasteiger charge is -2.14. The van der Waals surface area contributed by atoms with Gasteiger partial charge in [-0.1, -0.05) is 18.2 Å². The van der Waals surface area contributed by atoms with Gasteiger partial charge in [0.1, 0.15) is 5.75 Å². The molecule has 1 rings (SSSR count). The molecular formula is C16H26N4O3. The highest BCUT2D eigenvalue weighted by atomic mass is 16.5. The number of amides is 1. The van der Waals surface area contributed by atoms with E-state index in [-0.39, 0.29) is 12.5 Å². The Balaban J connectivity index is 2.41. The third kappa shape index (κ3) is 7.51. The molecular weight excluding hydrogens is 296 g/mol. The Labute approximate surface area is 137 Å². The zero-order chi connectivity index (χ0) is 16.9. The minimum absolute atomic E-state index is 0.111. The lowest BCUT2D eigenvalue weighted by Crippen LogP contribution is -2.43. The highest BCUT2D eigenvalue weighted by Crippen LogP contribution is 2.17. The van der Waals surface area contributed by atoms with Crippen molar-refractivity contribution in [2.45, 2.75) is 13.5 Å². The van der Waals surface area contributed by atoms with Gasteiger partial charge in [0.05, 0.1) is 19.8 Å². The first-order valence-corrected chi connectivity index (χ1v) is 7.62. The van der Waals surface area contributed by atoms with Crippen LogP contribution in [-0.4, -0.2) is 52.3 Å². The number of aliphatic imine (C=N–C) groups is 1. The maximum Gasteiger partial charge on any atom is 0.239 e. The molecule has 0 radical (unpaired) electrons. The number of benzene rings is 1. The Bertz CT molecular complexity index is 506. The Kier molecular flexibility index (Phi) is 9.23. The summed E-state index contributed by atoms with van der Waals surface area (Å²) < 4.78 is 10.5. The maximum absolute atomic E-state index is 11.6. The van der Waals surface area contributed by atoms with Crippen molar-refractivity contribution in [2.75, 3.05) is 40.5 Å². The summed E-state index contributed by atoms with van der Waals surface area (Å²) in [5.41, 5.74) is 1.03. The first-order valence-electron chi connectivity index (χ1n) is 7.62. The number of carbonyl (C=O) groups excluding carboxylic acids is 1. The lowest BCUT2D eigenvalue weighted by atomic mass is 10.2. The van der Waals surface area contributed by atoms with Gasteiger partial charge < -0.3 is 25.4 Å². The predicted octanol–water partition coefficient (Wildman–Crippen LogP) is 0.513. The summed E-state index contributed by atoms with van der Waals surface area (Å²) in [7, 11) is 3.25. The molecule has 0 fully saturated rings. The molecule has 1 aromatic carbocycles. The van der Waals surface area contributed by atoms with Crippen LogP contribution in [0.25, 0.3) is 0 Å². The third-order valence-electron chi connectivity index (χ3n) is 2.99. The van der Waals surface area contributed by atoms with Crippen LogP contribution in [0.2, 0.25) is 0 Å². The zero-order valence-corrected chi connectivity index (χ0v) is 14.0. The van der Waals surface area contributed by atoms with Crippen LogP contribution in [0.3, 0.4) is 0 Å². The van der Waals surface area contributed by atoms with E-state index in [9.17, 15) is 4.79 Å². The standard InChI is InChI=1S/C16H26N4O3/c1-4-23-14-8-6-5-7-13(14)11-19-16(17-2)20-12-15(21)18-9-10-22-3/h5-8H,4,9-12H2,1-3H3,(H,18,21)(H2,17,19,20). The molecule has 3 N–H and O–H groups in total. The highest BCUT2D eigenvalue weighted by Gasteiger charge is 2.05. The smallest absolute Gasteiger partial charge is 0.239 e. The fourth-order valence-electron chi connectivity index (χ4n) is 1.86. The van der Waals surface area contributed by atoms with Crippen LogP contribution >= 0.6 is 0 Å². The van der Waals surface area contributed by atoms with E-state index in [2.05, 4.69) is 20.9 Å². The van der Waals surface area contributed by atoms with E-state index in [4.69, 9.17) is 9.47 Å². The second-order valence-electron chi connectivity index (χ2n) is 4.66. The highest BCUT2D eigenvalue weighted by molar-refractivity contribution is 5.86. The van der Waals surface area contributed by atoms with Crippen LogP contribution in [-0.2, 0) is 16.1 Å². The van der Waals surface area contributed by atoms with Crippen LogP contribution in [0, 0.1) is 0 Å². The normalized spacial score (nSPS) is 11.0. The molecule has 0 saturated heterocycles.